The van der Waals surface area contributed by atoms with Crippen LogP contribution in [-0.4, -0.2) is 4.57 Å². The summed E-state index contributed by atoms with van der Waals surface area (Å²) in [5, 5.41) is 9.79. The first kappa shape index (κ1) is 10.9. The summed E-state index contributed by atoms with van der Waals surface area (Å²) in [6, 6.07) is 11.3. The van der Waals surface area contributed by atoms with E-state index in [-0.39, 0.29) is 5.43 Å². The van der Waals surface area contributed by atoms with Crippen molar-refractivity contribution in [2.75, 3.05) is 0 Å². The van der Waals surface area contributed by atoms with Gasteiger partial charge in [-0.3, -0.25) is 4.79 Å². The van der Waals surface area contributed by atoms with Gasteiger partial charge in [-0.15, -0.1) is 11.8 Å². The highest BCUT2D eigenvalue weighted by Gasteiger charge is 2.18. The van der Waals surface area contributed by atoms with E-state index >= 15 is 0 Å². The first-order valence-corrected chi connectivity index (χ1v) is 6.33. The van der Waals surface area contributed by atoms with Crippen molar-refractivity contribution in [2.24, 2.45) is 0 Å². The number of aromatic nitrogens is 1. The van der Waals surface area contributed by atoms with Crippen molar-refractivity contribution < 1.29 is 0 Å². The lowest BCUT2D eigenvalue weighted by Gasteiger charge is -2.05. The van der Waals surface area contributed by atoms with Crippen LogP contribution >= 0.6 is 11.8 Å². The van der Waals surface area contributed by atoms with Gasteiger partial charge in [-0.25, -0.2) is 4.57 Å². The van der Waals surface area contributed by atoms with E-state index in [1.165, 1.54) is 16.8 Å². The quantitative estimate of drug-likeness (QED) is 0.794. The summed E-state index contributed by atoms with van der Waals surface area (Å²) in [6.07, 6.45) is 5.47. The Kier molecular flexibility index (Phi) is 2.54. The lowest BCUT2D eigenvalue weighted by atomic mass is 10.1. The molecule has 0 atom stereocenters. The number of pyridine rings is 1. The Morgan fingerprint density at radius 1 is 1.17 bits per heavy atom. The second-order valence-electron chi connectivity index (χ2n) is 3.89. The molecular weight excluding hydrogens is 244 g/mol. The standard InChI is InChI=1S/C14H9N2OS/c15-9-16-7-6-12(17)11-8-13(18-14(11)16)10-4-2-1-3-5-10/h1-8,18H. The minimum absolute atomic E-state index is 0.0325. The van der Waals surface area contributed by atoms with Crippen LogP contribution in [0.2, 0.25) is 0 Å². The van der Waals surface area contributed by atoms with E-state index in [0.717, 1.165) is 27.3 Å². The van der Waals surface area contributed by atoms with Crippen molar-refractivity contribution in [3.05, 3.63) is 63.9 Å². The first-order valence-electron chi connectivity index (χ1n) is 5.44. The highest BCUT2D eigenvalue weighted by molar-refractivity contribution is 8.08. The van der Waals surface area contributed by atoms with Gasteiger partial charge in [-0.2, -0.15) is 5.26 Å². The number of hydrogen-bond acceptors (Lipinski definition) is 2. The van der Waals surface area contributed by atoms with Crippen molar-refractivity contribution in [2.45, 2.75) is 5.03 Å². The van der Waals surface area contributed by atoms with Crippen LogP contribution in [-0.2, 0) is 0 Å². The van der Waals surface area contributed by atoms with Gasteiger partial charge in [0.2, 0.25) is 0 Å². The second-order valence-corrected chi connectivity index (χ2v) is 5.02. The van der Waals surface area contributed by atoms with Gasteiger partial charge in [0.25, 0.3) is 0 Å². The third kappa shape index (κ3) is 1.66. The van der Waals surface area contributed by atoms with Crippen molar-refractivity contribution in [3.8, 4) is 6.19 Å². The normalized spacial score (nSPS) is 12.7. The van der Waals surface area contributed by atoms with E-state index in [2.05, 4.69) is 6.19 Å². The Balaban J connectivity index is 2.13. The summed E-state index contributed by atoms with van der Waals surface area (Å²) in [5.41, 5.74) is 1.67. The molecular formula is C14H9N2OS. The molecule has 1 aromatic carbocycles. The predicted octanol–water partition coefficient (Wildman–Crippen LogP) is 2.51. The molecule has 18 heavy (non-hydrogen) atoms. The van der Waals surface area contributed by atoms with Crippen LogP contribution in [0.4, 0.5) is 0 Å². The molecule has 0 amide bonds. The molecule has 0 N–H and O–H groups in total. The van der Waals surface area contributed by atoms with Crippen molar-refractivity contribution in [1.82, 2.24) is 4.57 Å². The maximum Gasteiger partial charge on any atom is 0.190 e. The highest BCUT2D eigenvalue weighted by atomic mass is 32.2. The molecule has 0 spiro atoms. The maximum atomic E-state index is 11.8. The zero-order valence-electron chi connectivity index (χ0n) is 9.37. The Morgan fingerprint density at radius 3 is 2.67 bits per heavy atom. The van der Waals surface area contributed by atoms with E-state index < -0.39 is 0 Å². The number of nitrogens with zero attached hydrogens (tertiary/aromatic N) is 2. The van der Waals surface area contributed by atoms with Crippen LogP contribution in [0, 0.1) is 11.5 Å². The van der Waals surface area contributed by atoms with Crippen LogP contribution in [0.5, 0.6) is 0 Å². The molecule has 0 saturated carbocycles. The fourth-order valence-electron chi connectivity index (χ4n) is 1.91. The molecule has 2 heterocycles. The highest BCUT2D eigenvalue weighted by Crippen LogP contribution is 2.42. The first-order chi connectivity index (χ1) is 8.79. The molecule has 2 aromatic rings. The van der Waals surface area contributed by atoms with E-state index in [1.807, 2.05) is 36.4 Å². The molecule has 1 radical (unpaired) electrons. The second kappa shape index (κ2) is 4.21. The van der Waals surface area contributed by atoms with Gasteiger partial charge in [-0.1, -0.05) is 30.3 Å². The number of hydrogen-bond donors (Lipinski definition) is 1. The topological polar surface area (TPSA) is 45.8 Å². The van der Waals surface area contributed by atoms with Crippen LogP contribution in [0.15, 0.2) is 52.4 Å². The number of thiol groups is 1. The maximum absolute atomic E-state index is 11.8. The molecule has 0 aliphatic carbocycles. The van der Waals surface area contributed by atoms with Gasteiger partial charge in [0.15, 0.2) is 11.6 Å². The minimum atomic E-state index is -0.0325. The molecule has 4 heteroatoms. The average molecular weight is 253 g/mol. The molecule has 1 aromatic heterocycles. The summed E-state index contributed by atoms with van der Waals surface area (Å²) in [7, 11) is 0. The summed E-state index contributed by atoms with van der Waals surface area (Å²) < 4.78 is 1.45. The van der Waals surface area contributed by atoms with Gasteiger partial charge in [-0.05, 0) is 11.6 Å². The predicted molar refractivity (Wildman–Crippen MR) is 73.3 cm³/mol. The van der Waals surface area contributed by atoms with E-state index in [4.69, 9.17) is 5.26 Å². The molecule has 3 rings (SSSR count). The van der Waals surface area contributed by atoms with Crippen molar-refractivity contribution in [3.63, 3.8) is 0 Å². The summed E-state index contributed by atoms with van der Waals surface area (Å²) in [4.78, 5) is 12.8. The van der Waals surface area contributed by atoms with Crippen LogP contribution in [0.3, 0.4) is 0 Å². The van der Waals surface area contributed by atoms with Crippen LogP contribution in [0.1, 0.15) is 11.1 Å². The Bertz CT molecular complexity index is 739. The molecule has 0 unspecified atom stereocenters. The third-order valence-corrected chi connectivity index (χ3v) is 4.09. The van der Waals surface area contributed by atoms with Crippen LogP contribution < -0.4 is 5.43 Å². The Morgan fingerprint density at radius 2 is 1.94 bits per heavy atom. The summed E-state index contributed by atoms with van der Waals surface area (Å²) >= 11 is 0.904. The van der Waals surface area contributed by atoms with E-state index in [9.17, 15) is 4.79 Å². The Labute approximate surface area is 108 Å². The fraction of sp³-hybridized carbons (Fsp3) is 0. The minimum Gasteiger partial charge on any atom is -0.289 e. The number of nitriles is 1. The largest absolute Gasteiger partial charge is 0.289 e. The SMILES string of the molecule is N#Cn1ccc(=O)c2c1[SH]C(c1ccccc1)=C2. The van der Waals surface area contributed by atoms with Gasteiger partial charge in [0.05, 0.1) is 10.6 Å². The molecule has 0 saturated heterocycles. The lowest BCUT2D eigenvalue weighted by Crippen LogP contribution is -2.08. The summed E-state index contributed by atoms with van der Waals surface area (Å²) in [6.45, 7) is 0. The third-order valence-electron chi connectivity index (χ3n) is 2.79. The lowest BCUT2D eigenvalue weighted by molar-refractivity contribution is 0.927. The van der Waals surface area contributed by atoms with Gasteiger partial charge in [0.1, 0.15) is 0 Å². The van der Waals surface area contributed by atoms with Gasteiger partial charge >= 0.3 is 0 Å². The van der Waals surface area contributed by atoms with Crippen molar-refractivity contribution >= 4 is 22.7 Å². The number of fused-ring (bicyclic) bond motifs is 1. The molecule has 1 aliphatic rings. The van der Waals surface area contributed by atoms with E-state index in [0.29, 0.717) is 5.56 Å². The zero-order valence-corrected chi connectivity index (χ0v) is 10.3. The number of rotatable bonds is 1. The molecule has 3 nitrogen and oxygen atoms in total. The van der Waals surface area contributed by atoms with E-state index in [1.54, 1.807) is 0 Å². The zero-order chi connectivity index (χ0) is 12.5. The molecule has 87 valence electrons. The smallest absolute Gasteiger partial charge is 0.190 e. The number of benzene rings is 1. The fourth-order valence-corrected chi connectivity index (χ4v) is 3.13. The molecule has 1 aliphatic heterocycles. The monoisotopic (exact) mass is 253 g/mol. The average Bonchev–Trinajstić information content (AvgIpc) is 2.86. The van der Waals surface area contributed by atoms with Crippen molar-refractivity contribution in [1.29, 1.82) is 5.26 Å². The van der Waals surface area contributed by atoms with Crippen LogP contribution in [0.25, 0.3) is 11.0 Å². The Hall–Kier alpha value is -2.25. The van der Waals surface area contributed by atoms with Gasteiger partial charge in [0, 0.05) is 17.2 Å². The summed E-state index contributed by atoms with van der Waals surface area (Å²) in [5.74, 6) is 0. The molecule has 0 fully saturated rings. The van der Waals surface area contributed by atoms with Gasteiger partial charge < -0.3 is 0 Å². The molecule has 0 bridgehead atoms.